The van der Waals surface area contributed by atoms with E-state index in [-0.39, 0.29) is 0 Å². The molecule has 0 aliphatic heterocycles. The van der Waals surface area contributed by atoms with Crippen LogP contribution < -0.4 is 5.32 Å². The Bertz CT molecular complexity index is 731. The molecule has 0 fully saturated rings. The van der Waals surface area contributed by atoms with Gasteiger partial charge in [-0.05, 0) is 52.5 Å². The Morgan fingerprint density at radius 1 is 1.05 bits per heavy atom. The van der Waals surface area contributed by atoms with E-state index in [0.717, 1.165) is 23.2 Å². The summed E-state index contributed by atoms with van der Waals surface area (Å²) >= 11 is 3.56. The molecule has 3 rings (SSSR count). The number of nitrogens with one attached hydrogen (secondary N) is 1. The second kappa shape index (κ2) is 5.71. The summed E-state index contributed by atoms with van der Waals surface area (Å²) in [7, 11) is 0. The average Bonchev–Trinajstić information content (AvgIpc) is 2.77. The number of aromatic nitrogens is 1. The molecule has 0 unspecified atom stereocenters. The minimum Gasteiger partial charge on any atom is -0.382 e. The van der Waals surface area contributed by atoms with Gasteiger partial charge in [0, 0.05) is 34.5 Å². The van der Waals surface area contributed by atoms with E-state index in [2.05, 4.69) is 75.2 Å². The molecule has 0 atom stereocenters. The number of fused-ring (bicyclic) bond motifs is 1. The van der Waals surface area contributed by atoms with E-state index < -0.39 is 0 Å². The molecule has 20 heavy (non-hydrogen) atoms. The summed E-state index contributed by atoms with van der Waals surface area (Å²) in [5.41, 5.74) is 3.75. The molecule has 0 saturated heterocycles. The van der Waals surface area contributed by atoms with E-state index in [0.29, 0.717) is 0 Å². The van der Waals surface area contributed by atoms with Gasteiger partial charge in [0.05, 0.1) is 0 Å². The molecule has 0 spiro atoms. The molecular weight excluding hydrogens is 312 g/mol. The Hall–Kier alpha value is -1.74. The average molecular weight is 329 g/mol. The summed E-state index contributed by atoms with van der Waals surface area (Å²) in [6, 6.07) is 19.0. The van der Waals surface area contributed by atoms with Crippen LogP contribution in [0.1, 0.15) is 5.69 Å². The van der Waals surface area contributed by atoms with Gasteiger partial charge in [-0.2, -0.15) is 0 Å². The maximum atomic E-state index is 3.56. The van der Waals surface area contributed by atoms with Crippen LogP contribution in [0.3, 0.4) is 0 Å². The highest BCUT2D eigenvalue weighted by Gasteiger charge is 2.04. The van der Waals surface area contributed by atoms with E-state index in [4.69, 9.17) is 0 Å². The van der Waals surface area contributed by atoms with Crippen molar-refractivity contribution in [3.63, 3.8) is 0 Å². The minimum absolute atomic E-state index is 0.905. The second-order valence-corrected chi connectivity index (χ2v) is 5.76. The van der Waals surface area contributed by atoms with Gasteiger partial charge < -0.3 is 9.88 Å². The largest absolute Gasteiger partial charge is 0.382 e. The van der Waals surface area contributed by atoms with Crippen LogP contribution in [0.4, 0.5) is 5.69 Å². The van der Waals surface area contributed by atoms with E-state index >= 15 is 0 Å². The Morgan fingerprint density at radius 2 is 1.80 bits per heavy atom. The van der Waals surface area contributed by atoms with Crippen molar-refractivity contribution in [1.29, 1.82) is 0 Å². The van der Waals surface area contributed by atoms with E-state index in [1.54, 1.807) is 0 Å². The summed E-state index contributed by atoms with van der Waals surface area (Å²) in [6.45, 7) is 4.03. The molecule has 0 amide bonds. The number of halogens is 1. The molecule has 102 valence electrons. The van der Waals surface area contributed by atoms with Gasteiger partial charge in [-0.15, -0.1) is 0 Å². The SMILES string of the molecule is Cc1cc2ccccc2n1CCNc1ccccc1Br. The Balaban J connectivity index is 1.74. The fraction of sp³-hybridized carbons (Fsp3) is 0.176. The third-order valence-electron chi connectivity index (χ3n) is 3.54. The molecule has 0 aliphatic rings. The van der Waals surface area contributed by atoms with Crippen molar-refractivity contribution in [2.45, 2.75) is 13.5 Å². The molecular formula is C17H17BrN2. The Kier molecular flexibility index (Phi) is 3.79. The lowest BCUT2D eigenvalue weighted by atomic mass is 10.2. The normalized spacial score (nSPS) is 10.9. The molecule has 2 aromatic carbocycles. The predicted octanol–water partition coefficient (Wildman–Crippen LogP) is 4.82. The number of nitrogens with zero attached hydrogens (tertiary/aromatic N) is 1. The highest BCUT2D eigenvalue weighted by Crippen LogP contribution is 2.22. The number of benzene rings is 2. The van der Waals surface area contributed by atoms with Crippen LogP contribution in [0.5, 0.6) is 0 Å². The summed E-state index contributed by atoms with van der Waals surface area (Å²) in [5.74, 6) is 0. The van der Waals surface area contributed by atoms with Crippen LogP contribution in [0.15, 0.2) is 59.1 Å². The molecule has 0 saturated carbocycles. The first kappa shape index (κ1) is 13.3. The molecule has 1 N–H and O–H groups in total. The predicted molar refractivity (Wildman–Crippen MR) is 89.3 cm³/mol. The fourth-order valence-corrected chi connectivity index (χ4v) is 2.98. The van der Waals surface area contributed by atoms with Gasteiger partial charge in [-0.3, -0.25) is 0 Å². The summed E-state index contributed by atoms with van der Waals surface area (Å²) < 4.78 is 3.47. The van der Waals surface area contributed by atoms with Crippen LogP contribution in [0.25, 0.3) is 10.9 Å². The summed E-state index contributed by atoms with van der Waals surface area (Å²) in [4.78, 5) is 0. The molecule has 0 bridgehead atoms. The lowest BCUT2D eigenvalue weighted by molar-refractivity contribution is 0.734. The number of anilines is 1. The van der Waals surface area contributed by atoms with Crippen molar-refractivity contribution in [3.05, 3.63) is 64.8 Å². The quantitative estimate of drug-likeness (QED) is 0.726. The van der Waals surface area contributed by atoms with Crippen molar-refractivity contribution in [2.75, 3.05) is 11.9 Å². The molecule has 0 aliphatic carbocycles. The third-order valence-corrected chi connectivity index (χ3v) is 4.23. The van der Waals surface area contributed by atoms with E-state index in [9.17, 15) is 0 Å². The van der Waals surface area contributed by atoms with Crippen molar-refractivity contribution < 1.29 is 0 Å². The zero-order valence-corrected chi connectivity index (χ0v) is 13.0. The first-order valence-corrected chi connectivity index (χ1v) is 7.58. The third kappa shape index (κ3) is 2.59. The van der Waals surface area contributed by atoms with Gasteiger partial charge in [0.25, 0.3) is 0 Å². The zero-order valence-electron chi connectivity index (χ0n) is 11.4. The number of hydrogen-bond acceptors (Lipinski definition) is 1. The van der Waals surface area contributed by atoms with Crippen LogP contribution >= 0.6 is 15.9 Å². The highest BCUT2D eigenvalue weighted by atomic mass is 79.9. The maximum absolute atomic E-state index is 3.56. The summed E-state index contributed by atoms with van der Waals surface area (Å²) in [5, 5.41) is 4.79. The van der Waals surface area contributed by atoms with Crippen molar-refractivity contribution in [1.82, 2.24) is 4.57 Å². The molecule has 0 radical (unpaired) electrons. The van der Waals surface area contributed by atoms with Crippen molar-refractivity contribution >= 4 is 32.5 Å². The maximum Gasteiger partial charge on any atom is 0.0485 e. The molecule has 1 aromatic heterocycles. The van der Waals surface area contributed by atoms with Crippen LogP contribution in [0.2, 0.25) is 0 Å². The molecule has 1 heterocycles. The second-order valence-electron chi connectivity index (χ2n) is 4.90. The molecule has 3 aromatic rings. The van der Waals surface area contributed by atoms with Crippen LogP contribution in [-0.4, -0.2) is 11.1 Å². The van der Waals surface area contributed by atoms with E-state index in [1.165, 1.54) is 16.6 Å². The van der Waals surface area contributed by atoms with Gasteiger partial charge in [-0.25, -0.2) is 0 Å². The minimum atomic E-state index is 0.905. The first-order valence-electron chi connectivity index (χ1n) is 6.79. The lowest BCUT2D eigenvalue weighted by Gasteiger charge is -2.11. The number of hydrogen-bond donors (Lipinski definition) is 1. The molecule has 2 nitrogen and oxygen atoms in total. The van der Waals surface area contributed by atoms with Gasteiger partial charge in [-0.1, -0.05) is 30.3 Å². The fourth-order valence-electron chi connectivity index (χ4n) is 2.55. The van der Waals surface area contributed by atoms with Gasteiger partial charge in [0.1, 0.15) is 0 Å². The molecule has 3 heteroatoms. The Morgan fingerprint density at radius 3 is 2.65 bits per heavy atom. The zero-order chi connectivity index (χ0) is 13.9. The highest BCUT2D eigenvalue weighted by molar-refractivity contribution is 9.10. The van der Waals surface area contributed by atoms with Gasteiger partial charge in [0.15, 0.2) is 0 Å². The summed E-state index contributed by atoms with van der Waals surface area (Å²) in [6.07, 6.45) is 0. The van der Waals surface area contributed by atoms with E-state index in [1.807, 2.05) is 12.1 Å². The monoisotopic (exact) mass is 328 g/mol. The van der Waals surface area contributed by atoms with Crippen molar-refractivity contribution in [3.8, 4) is 0 Å². The number of aryl methyl sites for hydroxylation is 1. The van der Waals surface area contributed by atoms with Gasteiger partial charge >= 0.3 is 0 Å². The van der Waals surface area contributed by atoms with Crippen LogP contribution in [0, 0.1) is 6.92 Å². The first-order chi connectivity index (χ1) is 9.75. The lowest BCUT2D eigenvalue weighted by Crippen LogP contribution is -2.11. The number of rotatable bonds is 4. The van der Waals surface area contributed by atoms with Crippen LogP contribution in [-0.2, 0) is 6.54 Å². The standard InChI is InChI=1S/C17H17BrN2/c1-13-12-14-6-2-5-9-17(14)20(13)11-10-19-16-8-4-3-7-15(16)18/h2-9,12,19H,10-11H2,1H3. The topological polar surface area (TPSA) is 17.0 Å². The van der Waals surface area contributed by atoms with Crippen molar-refractivity contribution in [2.24, 2.45) is 0 Å². The smallest absolute Gasteiger partial charge is 0.0485 e. The van der Waals surface area contributed by atoms with Gasteiger partial charge in [0.2, 0.25) is 0 Å². The number of para-hydroxylation sites is 2. The Labute approximate surface area is 127 Å².